The molecule has 2 rings (SSSR count). The van der Waals surface area contributed by atoms with Crippen LogP contribution in [0.3, 0.4) is 0 Å². The van der Waals surface area contributed by atoms with Crippen molar-refractivity contribution in [3.05, 3.63) is 53.8 Å². The number of carboxylic acids is 1. The summed E-state index contributed by atoms with van der Waals surface area (Å²) in [6.45, 7) is 0. The molecule has 7 heteroatoms. The highest BCUT2D eigenvalue weighted by molar-refractivity contribution is 5.96. The molecule has 0 heterocycles. The number of hydrogen-bond donors (Lipinski definition) is 1. The van der Waals surface area contributed by atoms with E-state index in [9.17, 15) is 22.4 Å². The molecule has 0 aromatic heterocycles. The summed E-state index contributed by atoms with van der Waals surface area (Å²) in [5.74, 6) is -2.58. The molecule has 0 unspecified atom stereocenters. The Morgan fingerprint density at radius 2 is 1.67 bits per heavy atom. The van der Waals surface area contributed by atoms with Crippen LogP contribution < -0.4 is 4.74 Å². The minimum Gasteiger partial charge on any atom is -0.478 e. The van der Waals surface area contributed by atoms with Gasteiger partial charge in [0.05, 0.1) is 5.56 Å². The summed E-state index contributed by atoms with van der Waals surface area (Å²) < 4.78 is 53.6. The molecule has 0 aliphatic rings. The maximum absolute atomic E-state index is 13.8. The number of carboxylic acid groups (broad SMARTS) is 1. The van der Waals surface area contributed by atoms with Crippen LogP contribution >= 0.6 is 0 Å². The van der Waals surface area contributed by atoms with Crippen LogP contribution in [0.25, 0.3) is 11.1 Å². The van der Waals surface area contributed by atoms with Crippen LogP contribution in [-0.4, -0.2) is 17.4 Å². The van der Waals surface area contributed by atoms with Gasteiger partial charge >= 0.3 is 12.3 Å². The summed E-state index contributed by atoms with van der Waals surface area (Å²) in [5, 5.41) is 9.02. The van der Waals surface area contributed by atoms with Crippen LogP contribution in [0, 0.1) is 5.82 Å². The molecule has 3 nitrogen and oxygen atoms in total. The average molecular weight is 300 g/mol. The van der Waals surface area contributed by atoms with Crippen molar-refractivity contribution in [1.82, 2.24) is 0 Å². The zero-order valence-electron chi connectivity index (χ0n) is 10.3. The van der Waals surface area contributed by atoms with Crippen molar-refractivity contribution >= 4 is 5.97 Å². The lowest BCUT2D eigenvalue weighted by Crippen LogP contribution is -2.16. The molecular weight excluding hydrogens is 292 g/mol. The fraction of sp³-hybridized carbons (Fsp3) is 0.0714. The second-order valence-electron chi connectivity index (χ2n) is 4.04. The van der Waals surface area contributed by atoms with Crippen molar-refractivity contribution in [3.63, 3.8) is 0 Å². The third kappa shape index (κ3) is 3.50. The Balaban J connectivity index is 2.42. The van der Waals surface area contributed by atoms with E-state index in [4.69, 9.17) is 5.11 Å². The third-order valence-electron chi connectivity index (χ3n) is 2.62. The predicted octanol–water partition coefficient (Wildman–Crippen LogP) is 4.09. The quantitative estimate of drug-likeness (QED) is 0.868. The summed E-state index contributed by atoms with van der Waals surface area (Å²) in [5.41, 5.74) is -0.330. The lowest BCUT2D eigenvalue weighted by Gasteiger charge is -2.11. The van der Waals surface area contributed by atoms with Crippen LogP contribution in [0.1, 0.15) is 10.4 Å². The van der Waals surface area contributed by atoms with Crippen molar-refractivity contribution in [3.8, 4) is 16.9 Å². The standard InChI is InChI=1S/C14H8F4O3/c15-11-3-1-2-10(13(19)20)12(11)8-4-6-9(7-5-8)21-14(16,17)18/h1-7H,(H,19,20). The number of ether oxygens (including phenoxy) is 1. The highest BCUT2D eigenvalue weighted by Gasteiger charge is 2.31. The van der Waals surface area contributed by atoms with Gasteiger partial charge in [-0.2, -0.15) is 0 Å². The van der Waals surface area contributed by atoms with E-state index in [-0.39, 0.29) is 16.7 Å². The predicted molar refractivity (Wildman–Crippen MR) is 65.5 cm³/mol. The zero-order chi connectivity index (χ0) is 15.6. The van der Waals surface area contributed by atoms with Gasteiger partial charge in [0.1, 0.15) is 11.6 Å². The highest BCUT2D eigenvalue weighted by atomic mass is 19.4. The summed E-state index contributed by atoms with van der Waals surface area (Å²) in [4.78, 5) is 11.1. The molecule has 0 spiro atoms. The molecule has 0 fully saturated rings. The van der Waals surface area contributed by atoms with Crippen molar-refractivity contribution in [2.75, 3.05) is 0 Å². The van der Waals surface area contributed by atoms with Crippen molar-refractivity contribution in [2.24, 2.45) is 0 Å². The Hall–Kier alpha value is -2.57. The minimum atomic E-state index is -4.83. The van der Waals surface area contributed by atoms with Crippen molar-refractivity contribution < 1.29 is 32.2 Å². The zero-order valence-corrected chi connectivity index (χ0v) is 10.3. The molecule has 110 valence electrons. The molecular formula is C14H8F4O3. The molecule has 0 saturated heterocycles. The number of rotatable bonds is 3. The maximum atomic E-state index is 13.8. The number of aromatic carboxylic acids is 1. The highest BCUT2D eigenvalue weighted by Crippen LogP contribution is 2.30. The molecule has 0 bridgehead atoms. The van der Waals surface area contributed by atoms with E-state index in [0.29, 0.717) is 0 Å². The molecule has 0 saturated carbocycles. The molecule has 0 aliphatic carbocycles. The Morgan fingerprint density at radius 3 is 2.19 bits per heavy atom. The summed E-state index contributed by atoms with van der Waals surface area (Å²) in [6.07, 6.45) is -4.83. The van der Waals surface area contributed by atoms with E-state index >= 15 is 0 Å². The fourth-order valence-corrected chi connectivity index (χ4v) is 1.82. The maximum Gasteiger partial charge on any atom is 0.573 e. The largest absolute Gasteiger partial charge is 0.573 e. The minimum absolute atomic E-state index is 0.139. The topological polar surface area (TPSA) is 46.5 Å². The van der Waals surface area contributed by atoms with E-state index in [1.54, 1.807) is 0 Å². The van der Waals surface area contributed by atoms with Gasteiger partial charge in [-0.25, -0.2) is 9.18 Å². The number of alkyl halides is 3. The van der Waals surface area contributed by atoms with Gasteiger partial charge in [0.25, 0.3) is 0 Å². The molecule has 2 aromatic carbocycles. The number of halogens is 4. The van der Waals surface area contributed by atoms with Gasteiger partial charge in [0.2, 0.25) is 0 Å². The molecule has 2 aromatic rings. The van der Waals surface area contributed by atoms with Crippen molar-refractivity contribution in [2.45, 2.75) is 6.36 Å². The molecule has 1 N–H and O–H groups in total. The SMILES string of the molecule is O=C(O)c1cccc(F)c1-c1ccc(OC(F)(F)F)cc1. The summed E-state index contributed by atoms with van der Waals surface area (Å²) in [6, 6.07) is 7.81. The lowest BCUT2D eigenvalue weighted by molar-refractivity contribution is -0.274. The van der Waals surface area contributed by atoms with Crippen LogP contribution in [0.5, 0.6) is 5.75 Å². The second kappa shape index (κ2) is 5.43. The first-order chi connectivity index (χ1) is 9.78. The van der Waals surface area contributed by atoms with Crippen LogP contribution in [0.15, 0.2) is 42.5 Å². The summed E-state index contributed by atoms with van der Waals surface area (Å²) in [7, 11) is 0. The first-order valence-corrected chi connectivity index (χ1v) is 5.66. The normalized spacial score (nSPS) is 11.2. The number of hydrogen-bond acceptors (Lipinski definition) is 2. The van der Waals surface area contributed by atoms with Gasteiger partial charge in [0, 0.05) is 5.56 Å². The van der Waals surface area contributed by atoms with E-state index in [0.717, 1.165) is 30.3 Å². The molecule has 0 atom stereocenters. The Bertz CT molecular complexity index is 663. The third-order valence-corrected chi connectivity index (χ3v) is 2.62. The van der Waals surface area contributed by atoms with E-state index in [2.05, 4.69) is 4.74 Å². The smallest absolute Gasteiger partial charge is 0.478 e. The van der Waals surface area contributed by atoms with Gasteiger partial charge in [-0.05, 0) is 29.8 Å². The van der Waals surface area contributed by atoms with Gasteiger partial charge in [-0.3, -0.25) is 0 Å². The molecule has 0 amide bonds. The van der Waals surface area contributed by atoms with Gasteiger partial charge in [-0.15, -0.1) is 13.2 Å². The van der Waals surface area contributed by atoms with Gasteiger partial charge in [-0.1, -0.05) is 18.2 Å². The monoisotopic (exact) mass is 300 g/mol. The molecule has 21 heavy (non-hydrogen) atoms. The first kappa shape index (κ1) is 14.8. The molecule has 0 radical (unpaired) electrons. The fourth-order valence-electron chi connectivity index (χ4n) is 1.82. The van der Waals surface area contributed by atoms with Crippen LogP contribution in [-0.2, 0) is 0 Å². The number of carbonyl (C=O) groups is 1. The summed E-state index contributed by atoms with van der Waals surface area (Å²) >= 11 is 0. The van der Waals surface area contributed by atoms with E-state index in [1.807, 2.05) is 0 Å². The van der Waals surface area contributed by atoms with Gasteiger partial charge in [0.15, 0.2) is 0 Å². The second-order valence-corrected chi connectivity index (χ2v) is 4.04. The van der Waals surface area contributed by atoms with Crippen molar-refractivity contribution in [1.29, 1.82) is 0 Å². The Morgan fingerprint density at radius 1 is 1.05 bits per heavy atom. The lowest BCUT2D eigenvalue weighted by atomic mass is 9.99. The average Bonchev–Trinajstić information content (AvgIpc) is 2.37. The molecule has 0 aliphatic heterocycles. The Labute approximate surface area is 116 Å². The van der Waals surface area contributed by atoms with Crippen LogP contribution in [0.2, 0.25) is 0 Å². The van der Waals surface area contributed by atoms with E-state index in [1.165, 1.54) is 12.1 Å². The van der Waals surface area contributed by atoms with Crippen LogP contribution in [0.4, 0.5) is 17.6 Å². The van der Waals surface area contributed by atoms with Gasteiger partial charge < -0.3 is 9.84 Å². The number of benzene rings is 2. The van der Waals surface area contributed by atoms with E-state index < -0.39 is 23.9 Å². The Kier molecular flexibility index (Phi) is 3.84. The first-order valence-electron chi connectivity index (χ1n) is 5.66.